The molecule has 3 rings (SSSR count). The largest absolute Gasteiger partial charge is 0.497 e. The molecule has 2 aromatic carbocycles. The van der Waals surface area contributed by atoms with Crippen molar-refractivity contribution in [2.45, 2.75) is 13.5 Å². The second-order valence-corrected chi connectivity index (χ2v) is 5.43. The van der Waals surface area contributed by atoms with Gasteiger partial charge in [-0.15, -0.1) is 0 Å². The van der Waals surface area contributed by atoms with Crippen LogP contribution in [-0.4, -0.2) is 24.2 Å². The topological polar surface area (TPSA) is 82.3 Å². The van der Waals surface area contributed by atoms with Crippen molar-refractivity contribution >= 4 is 22.4 Å². The summed E-state index contributed by atoms with van der Waals surface area (Å²) in [5, 5.41) is 4.30. The van der Waals surface area contributed by atoms with E-state index in [1.54, 1.807) is 14.2 Å². The molecule has 3 N–H and O–H groups in total. The number of ether oxygens (including phenoxy) is 2. The maximum atomic E-state index is 5.85. The Morgan fingerprint density at radius 3 is 2.62 bits per heavy atom. The van der Waals surface area contributed by atoms with Gasteiger partial charge in [0.2, 0.25) is 0 Å². The lowest BCUT2D eigenvalue weighted by Gasteiger charge is -2.13. The van der Waals surface area contributed by atoms with Crippen LogP contribution in [0.1, 0.15) is 11.4 Å². The van der Waals surface area contributed by atoms with Crippen LogP contribution in [0.15, 0.2) is 36.4 Å². The molecule has 0 aliphatic carbocycles. The monoisotopic (exact) mass is 324 g/mol. The van der Waals surface area contributed by atoms with E-state index in [0.717, 1.165) is 33.8 Å². The minimum absolute atomic E-state index is 0.573. The van der Waals surface area contributed by atoms with Crippen LogP contribution in [-0.2, 0) is 6.54 Å². The molecular weight excluding hydrogens is 304 g/mol. The molecule has 0 amide bonds. The summed E-state index contributed by atoms with van der Waals surface area (Å²) in [4.78, 5) is 8.94. The van der Waals surface area contributed by atoms with Gasteiger partial charge < -0.3 is 20.5 Å². The number of aromatic nitrogens is 2. The molecule has 0 radical (unpaired) electrons. The van der Waals surface area contributed by atoms with Gasteiger partial charge in [-0.1, -0.05) is 0 Å². The summed E-state index contributed by atoms with van der Waals surface area (Å²) in [6, 6.07) is 11.4. The fourth-order valence-corrected chi connectivity index (χ4v) is 2.57. The van der Waals surface area contributed by atoms with Gasteiger partial charge in [-0.25, -0.2) is 9.97 Å². The van der Waals surface area contributed by atoms with Crippen LogP contribution in [0.3, 0.4) is 0 Å². The van der Waals surface area contributed by atoms with Crippen LogP contribution in [0, 0.1) is 6.92 Å². The number of hydrogen-bond donors (Lipinski definition) is 2. The van der Waals surface area contributed by atoms with Crippen molar-refractivity contribution in [3.05, 3.63) is 47.8 Å². The van der Waals surface area contributed by atoms with Gasteiger partial charge in [0, 0.05) is 29.2 Å². The van der Waals surface area contributed by atoms with E-state index in [1.807, 2.05) is 43.3 Å². The van der Waals surface area contributed by atoms with E-state index in [0.29, 0.717) is 18.1 Å². The number of nitrogen functional groups attached to an aromatic ring is 1. The number of nitrogens with two attached hydrogens (primary N) is 1. The number of aryl methyl sites for hydroxylation is 1. The summed E-state index contributed by atoms with van der Waals surface area (Å²) in [6.45, 7) is 2.44. The zero-order chi connectivity index (χ0) is 17.1. The third-order valence-electron chi connectivity index (χ3n) is 3.77. The highest BCUT2D eigenvalue weighted by Gasteiger charge is 2.09. The van der Waals surface area contributed by atoms with Gasteiger partial charge >= 0.3 is 0 Å². The Morgan fingerprint density at radius 2 is 1.88 bits per heavy atom. The first-order chi connectivity index (χ1) is 11.6. The highest BCUT2D eigenvalue weighted by atomic mass is 16.5. The SMILES string of the molecule is COc1ccc(CNc2nc(C)nc3cc(N)ccc23)c(OC)c1. The summed E-state index contributed by atoms with van der Waals surface area (Å²) in [7, 11) is 3.28. The fourth-order valence-electron chi connectivity index (χ4n) is 2.57. The van der Waals surface area contributed by atoms with Crippen molar-refractivity contribution in [2.24, 2.45) is 0 Å². The average Bonchev–Trinajstić information content (AvgIpc) is 2.58. The molecule has 1 heterocycles. The Bertz CT molecular complexity index is 875. The molecule has 0 bridgehead atoms. The standard InChI is InChI=1S/C18H20N4O2/c1-11-21-16-8-13(19)5-7-15(16)18(22-11)20-10-12-4-6-14(23-2)9-17(12)24-3/h4-9H,10,19H2,1-3H3,(H,20,21,22). The summed E-state index contributed by atoms with van der Waals surface area (Å²) >= 11 is 0. The van der Waals surface area contributed by atoms with Crippen LogP contribution in [0.4, 0.5) is 11.5 Å². The van der Waals surface area contributed by atoms with Gasteiger partial charge in [0.15, 0.2) is 0 Å². The van der Waals surface area contributed by atoms with E-state index in [-0.39, 0.29) is 0 Å². The molecule has 0 aliphatic heterocycles. The third kappa shape index (κ3) is 3.17. The number of benzene rings is 2. The summed E-state index contributed by atoms with van der Waals surface area (Å²) in [5.74, 6) is 2.99. The number of fused-ring (bicyclic) bond motifs is 1. The smallest absolute Gasteiger partial charge is 0.137 e. The Morgan fingerprint density at radius 1 is 1.04 bits per heavy atom. The Hall–Kier alpha value is -3.02. The molecule has 24 heavy (non-hydrogen) atoms. The lowest BCUT2D eigenvalue weighted by molar-refractivity contribution is 0.391. The highest BCUT2D eigenvalue weighted by Crippen LogP contribution is 2.27. The number of rotatable bonds is 5. The predicted octanol–water partition coefficient (Wildman–Crippen LogP) is 3.15. The second-order valence-electron chi connectivity index (χ2n) is 5.43. The number of nitrogens with zero attached hydrogens (tertiary/aromatic N) is 2. The van der Waals surface area contributed by atoms with Crippen molar-refractivity contribution < 1.29 is 9.47 Å². The maximum Gasteiger partial charge on any atom is 0.137 e. The van der Waals surface area contributed by atoms with E-state index >= 15 is 0 Å². The Labute approximate surface area is 140 Å². The number of methoxy groups -OCH3 is 2. The van der Waals surface area contributed by atoms with Crippen LogP contribution in [0.2, 0.25) is 0 Å². The highest BCUT2D eigenvalue weighted by molar-refractivity contribution is 5.91. The summed E-state index contributed by atoms with van der Waals surface area (Å²) in [5.41, 5.74) is 8.37. The molecule has 6 heteroatoms. The molecule has 124 valence electrons. The quantitative estimate of drug-likeness (QED) is 0.702. The van der Waals surface area contributed by atoms with E-state index in [4.69, 9.17) is 15.2 Å². The number of nitrogens with one attached hydrogen (secondary N) is 1. The third-order valence-corrected chi connectivity index (χ3v) is 3.77. The van der Waals surface area contributed by atoms with Gasteiger partial charge in [0.05, 0.1) is 19.7 Å². The van der Waals surface area contributed by atoms with Crippen LogP contribution in [0.5, 0.6) is 11.5 Å². The second kappa shape index (κ2) is 6.62. The van der Waals surface area contributed by atoms with E-state index in [9.17, 15) is 0 Å². The van der Waals surface area contributed by atoms with Crippen LogP contribution in [0.25, 0.3) is 10.9 Å². The number of hydrogen-bond acceptors (Lipinski definition) is 6. The Balaban J connectivity index is 1.91. The first kappa shape index (κ1) is 15.9. The van der Waals surface area contributed by atoms with Crippen LogP contribution < -0.4 is 20.5 Å². The van der Waals surface area contributed by atoms with Gasteiger partial charge in [-0.3, -0.25) is 0 Å². The van der Waals surface area contributed by atoms with Gasteiger partial charge in [-0.05, 0) is 37.3 Å². The first-order valence-corrected chi connectivity index (χ1v) is 7.59. The van der Waals surface area contributed by atoms with Gasteiger partial charge in [-0.2, -0.15) is 0 Å². The lowest BCUT2D eigenvalue weighted by atomic mass is 10.1. The van der Waals surface area contributed by atoms with Crippen molar-refractivity contribution in [1.82, 2.24) is 9.97 Å². The lowest BCUT2D eigenvalue weighted by Crippen LogP contribution is -2.06. The van der Waals surface area contributed by atoms with Crippen molar-refractivity contribution in [1.29, 1.82) is 0 Å². The Kier molecular flexibility index (Phi) is 4.37. The number of anilines is 2. The fraction of sp³-hybridized carbons (Fsp3) is 0.222. The summed E-state index contributed by atoms with van der Waals surface area (Å²) < 4.78 is 10.7. The predicted molar refractivity (Wildman–Crippen MR) is 95.6 cm³/mol. The van der Waals surface area contributed by atoms with Crippen LogP contribution >= 0.6 is 0 Å². The van der Waals surface area contributed by atoms with Crippen molar-refractivity contribution in [3.8, 4) is 11.5 Å². The molecule has 0 unspecified atom stereocenters. The molecule has 0 atom stereocenters. The minimum Gasteiger partial charge on any atom is -0.497 e. The molecule has 0 fully saturated rings. The van der Waals surface area contributed by atoms with Gasteiger partial charge in [0.1, 0.15) is 23.1 Å². The van der Waals surface area contributed by atoms with E-state index in [2.05, 4.69) is 15.3 Å². The maximum absolute atomic E-state index is 5.85. The first-order valence-electron chi connectivity index (χ1n) is 7.59. The zero-order valence-electron chi connectivity index (χ0n) is 14.0. The van der Waals surface area contributed by atoms with Gasteiger partial charge in [0.25, 0.3) is 0 Å². The normalized spacial score (nSPS) is 10.6. The summed E-state index contributed by atoms with van der Waals surface area (Å²) in [6.07, 6.45) is 0. The molecule has 0 saturated carbocycles. The minimum atomic E-state index is 0.573. The molecule has 0 spiro atoms. The molecule has 3 aromatic rings. The zero-order valence-corrected chi connectivity index (χ0v) is 14.0. The van der Waals surface area contributed by atoms with Crippen molar-refractivity contribution in [2.75, 3.05) is 25.3 Å². The molecule has 6 nitrogen and oxygen atoms in total. The molecular formula is C18H20N4O2. The van der Waals surface area contributed by atoms with E-state index < -0.39 is 0 Å². The van der Waals surface area contributed by atoms with E-state index in [1.165, 1.54) is 0 Å². The molecule has 1 aromatic heterocycles. The van der Waals surface area contributed by atoms with Crippen molar-refractivity contribution in [3.63, 3.8) is 0 Å². The average molecular weight is 324 g/mol. The molecule has 0 saturated heterocycles. The molecule has 0 aliphatic rings.